The molecule has 1 aromatic carbocycles. The van der Waals surface area contributed by atoms with E-state index in [2.05, 4.69) is 5.32 Å². The SMILES string of the molecule is NS(=O)(=O)c1cccc2c1OCCN2. The number of para-hydroxylation sites is 1. The van der Waals surface area contributed by atoms with Crippen LogP contribution in [0.1, 0.15) is 0 Å². The van der Waals surface area contributed by atoms with Crippen LogP contribution in [0.4, 0.5) is 5.69 Å². The minimum atomic E-state index is -3.71. The van der Waals surface area contributed by atoms with Crippen LogP contribution in [-0.4, -0.2) is 21.6 Å². The van der Waals surface area contributed by atoms with E-state index in [0.29, 0.717) is 24.6 Å². The van der Waals surface area contributed by atoms with Crippen LogP contribution in [0.5, 0.6) is 5.75 Å². The first-order valence-electron chi connectivity index (χ1n) is 4.11. The summed E-state index contributed by atoms with van der Waals surface area (Å²) in [5.41, 5.74) is 0.669. The van der Waals surface area contributed by atoms with E-state index in [4.69, 9.17) is 9.88 Å². The van der Waals surface area contributed by atoms with Crippen molar-refractivity contribution in [2.24, 2.45) is 5.14 Å². The van der Waals surface area contributed by atoms with Crippen molar-refractivity contribution in [3.63, 3.8) is 0 Å². The van der Waals surface area contributed by atoms with Gasteiger partial charge in [-0.1, -0.05) is 6.07 Å². The monoisotopic (exact) mass is 214 g/mol. The fraction of sp³-hybridized carbons (Fsp3) is 0.250. The Morgan fingerprint density at radius 1 is 1.43 bits per heavy atom. The standard InChI is InChI=1S/C8H10N2O3S/c9-14(11,12)7-3-1-2-6-8(7)13-5-4-10-6/h1-3,10H,4-5H2,(H2,9,11,12). The number of sulfonamides is 1. The van der Waals surface area contributed by atoms with Gasteiger partial charge in [0, 0.05) is 6.54 Å². The maximum Gasteiger partial charge on any atom is 0.241 e. The quantitative estimate of drug-likeness (QED) is 0.696. The zero-order valence-electron chi connectivity index (χ0n) is 7.36. The molecule has 0 aromatic heterocycles. The summed E-state index contributed by atoms with van der Waals surface area (Å²) in [6, 6.07) is 4.81. The summed E-state index contributed by atoms with van der Waals surface area (Å²) < 4.78 is 27.6. The van der Waals surface area contributed by atoms with Gasteiger partial charge in [0.1, 0.15) is 11.5 Å². The van der Waals surface area contributed by atoms with E-state index in [1.165, 1.54) is 6.07 Å². The number of benzene rings is 1. The van der Waals surface area contributed by atoms with Crippen molar-refractivity contribution in [1.29, 1.82) is 0 Å². The van der Waals surface area contributed by atoms with Crippen LogP contribution in [0.2, 0.25) is 0 Å². The molecule has 14 heavy (non-hydrogen) atoms. The molecular weight excluding hydrogens is 204 g/mol. The molecule has 0 radical (unpaired) electrons. The second-order valence-corrected chi connectivity index (χ2v) is 4.48. The number of primary sulfonamides is 1. The van der Waals surface area contributed by atoms with Crippen LogP contribution in [0.25, 0.3) is 0 Å². The van der Waals surface area contributed by atoms with Crippen molar-refractivity contribution in [2.45, 2.75) is 4.90 Å². The molecule has 76 valence electrons. The van der Waals surface area contributed by atoms with Gasteiger partial charge >= 0.3 is 0 Å². The number of ether oxygens (including phenoxy) is 1. The van der Waals surface area contributed by atoms with Crippen LogP contribution >= 0.6 is 0 Å². The zero-order valence-corrected chi connectivity index (χ0v) is 8.17. The third-order valence-corrected chi connectivity index (χ3v) is 2.88. The van der Waals surface area contributed by atoms with Crippen molar-refractivity contribution in [1.82, 2.24) is 0 Å². The second kappa shape index (κ2) is 3.14. The first-order valence-corrected chi connectivity index (χ1v) is 5.66. The normalized spacial score (nSPS) is 15.2. The topological polar surface area (TPSA) is 81.4 Å². The molecule has 0 saturated carbocycles. The van der Waals surface area contributed by atoms with Gasteiger partial charge in [-0.05, 0) is 12.1 Å². The lowest BCUT2D eigenvalue weighted by Crippen LogP contribution is -2.21. The van der Waals surface area contributed by atoms with Crippen LogP contribution in [0.15, 0.2) is 23.1 Å². The first kappa shape index (κ1) is 9.29. The Bertz CT molecular complexity index is 456. The van der Waals surface area contributed by atoms with Gasteiger partial charge in [0.05, 0.1) is 5.69 Å². The Kier molecular flexibility index (Phi) is 2.09. The van der Waals surface area contributed by atoms with Gasteiger partial charge in [0.2, 0.25) is 10.0 Å². The van der Waals surface area contributed by atoms with Crippen molar-refractivity contribution in [3.8, 4) is 5.75 Å². The lowest BCUT2D eigenvalue weighted by Gasteiger charge is -2.20. The van der Waals surface area contributed by atoms with Crippen molar-refractivity contribution < 1.29 is 13.2 Å². The van der Waals surface area contributed by atoms with E-state index in [1.807, 2.05) is 0 Å². The summed E-state index contributed by atoms with van der Waals surface area (Å²) in [5.74, 6) is 0.321. The molecule has 0 unspecified atom stereocenters. The predicted octanol–water partition coefficient (Wildman–Crippen LogP) is 0.138. The molecule has 0 aliphatic carbocycles. The Morgan fingerprint density at radius 2 is 2.21 bits per heavy atom. The molecule has 2 rings (SSSR count). The van der Waals surface area contributed by atoms with Crippen molar-refractivity contribution in [2.75, 3.05) is 18.5 Å². The van der Waals surface area contributed by atoms with Gasteiger partial charge in [-0.3, -0.25) is 0 Å². The lowest BCUT2D eigenvalue weighted by atomic mass is 10.2. The Balaban J connectivity index is 2.62. The van der Waals surface area contributed by atoms with Crippen molar-refractivity contribution >= 4 is 15.7 Å². The van der Waals surface area contributed by atoms with E-state index in [9.17, 15) is 8.42 Å². The maximum atomic E-state index is 11.2. The van der Waals surface area contributed by atoms with Crippen LogP contribution in [0, 0.1) is 0 Å². The third-order valence-electron chi connectivity index (χ3n) is 1.95. The summed E-state index contributed by atoms with van der Waals surface area (Å²) in [6.07, 6.45) is 0. The predicted molar refractivity (Wildman–Crippen MR) is 51.8 cm³/mol. The highest BCUT2D eigenvalue weighted by Crippen LogP contribution is 2.33. The van der Waals surface area contributed by atoms with E-state index in [0.717, 1.165) is 0 Å². The molecular formula is C8H10N2O3S. The number of nitrogens with two attached hydrogens (primary N) is 1. The number of fused-ring (bicyclic) bond motifs is 1. The van der Waals surface area contributed by atoms with E-state index < -0.39 is 10.0 Å². The van der Waals surface area contributed by atoms with Crippen LogP contribution in [-0.2, 0) is 10.0 Å². The van der Waals surface area contributed by atoms with E-state index in [-0.39, 0.29) is 4.90 Å². The largest absolute Gasteiger partial charge is 0.488 e. The molecule has 0 atom stereocenters. The molecule has 0 saturated heterocycles. The summed E-state index contributed by atoms with van der Waals surface area (Å²) in [4.78, 5) is 0.0298. The molecule has 6 heteroatoms. The van der Waals surface area contributed by atoms with Crippen molar-refractivity contribution in [3.05, 3.63) is 18.2 Å². The second-order valence-electron chi connectivity index (χ2n) is 2.95. The zero-order chi connectivity index (χ0) is 10.2. The average Bonchev–Trinajstić information content (AvgIpc) is 2.15. The Morgan fingerprint density at radius 3 is 2.93 bits per heavy atom. The number of rotatable bonds is 1. The number of nitrogens with one attached hydrogen (secondary N) is 1. The van der Waals surface area contributed by atoms with Gasteiger partial charge in [-0.15, -0.1) is 0 Å². The highest BCUT2D eigenvalue weighted by atomic mass is 32.2. The summed E-state index contributed by atoms with van der Waals surface area (Å²) in [6.45, 7) is 1.11. The minimum Gasteiger partial charge on any atom is -0.488 e. The molecule has 0 bridgehead atoms. The summed E-state index contributed by atoms with van der Waals surface area (Å²) in [7, 11) is -3.71. The number of anilines is 1. The Labute approximate surface area is 81.9 Å². The molecule has 3 N–H and O–H groups in total. The number of hydrogen-bond acceptors (Lipinski definition) is 4. The molecule has 1 heterocycles. The van der Waals surface area contributed by atoms with Crippen LogP contribution < -0.4 is 15.2 Å². The fourth-order valence-corrected chi connectivity index (χ4v) is 2.06. The van der Waals surface area contributed by atoms with Gasteiger partial charge in [0.15, 0.2) is 5.75 Å². The molecule has 1 aromatic rings. The van der Waals surface area contributed by atoms with Gasteiger partial charge in [-0.2, -0.15) is 0 Å². The third kappa shape index (κ3) is 1.53. The molecule has 0 amide bonds. The molecule has 5 nitrogen and oxygen atoms in total. The average molecular weight is 214 g/mol. The highest BCUT2D eigenvalue weighted by Gasteiger charge is 2.20. The highest BCUT2D eigenvalue weighted by molar-refractivity contribution is 7.89. The molecule has 0 spiro atoms. The van der Waals surface area contributed by atoms with Gasteiger partial charge < -0.3 is 10.1 Å². The lowest BCUT2D eigenvalue weighted by molar-refractivity contribution is 0.314. The number of hydrogen-bond donors (Lipinski definition) is 2. The van der Waals surface area contributed by atoms with Gasteiger partial charge in [0.25, 0.3) is 0 Å². The van der Waals surface area contributed by atoms with Gasteiger partial charge in [-0.25, -0.2) is 13.6 Å². The molecule has 1 aliphatic rings. The smallest absolute Gasteiger partial charge is 0.241 e. The molecule has 1 aliphatic heterocycles. The van der Waals surface area contributed by atoms with E-state index >= 15 is 0 Å². The summed E-state index contributed by atoms with van der Waals surface area (Å²) in [5, 5.41) is 8.08. The Hall–Kier alpha value is -1.27. The van der Waals surface area contributed by atoms with E-state index in [1.54, 1.807) is 12.1 Å². The maximum absolute atomic E-state index is 11.2. The van der Waals surface area contributed by atoms with Crippen LogP contribution in [0.3, 0.4) is 0 Å². The molecule has 0 fully saturated rings. The summed E-state index contributed by atoms with van der Waals surface area (Å²) >= 11 is 0. The minimum absolute atomic E-state index is 0.0298. The fourth-order valence-electron chi connectivity index (χ4n) is 1.37. The first-order chi connectivity index (χ1) is 6.59.